The van der Waals surface area contributed by atoms with Crippen molar-refractivity contribution in [3.05, 3.63) is 48.5 Å². The Morgan fingerprint density at radius 1 is 1.29 bits per heavy atom. The summed E-state index contributed by atoms with van der Waals surface area (Å²) < 4.78 is 11.8. The fourth-order valence-corrected chi connectivity index (χ4v) is 1.34. The third-order valence-corrected chi connectivity index (χ3v) is 2.02. The summed E-state index contributed by atoms with van der Waals surface area (Å²) in [5.74, 6) is 2.35. The van der Waals surface area contributed by atoms with Gasteiger partial charge in [0.2, 0.25) is 0 Å². The molecule has 0 unspecified atom stereocenters. The molecule has 14 heavy (non-hydrogen) atoms. The van der Waals surface area contributed by atoms with Gasteiger partial charge < -0.3 is 0 Å². The zero-order valence-electron chi connectivity index (χ0n) is 7.42. The molecule has 0 atom stereocenters. The zero-order chi connectivity index (χ0) is 9.97. The van der Waals surface area contributed by atoms with Crippen LogP contribution in [0, 0.1) is 19.0 Å². The first-order valence-electron chi connectivity index (χ1n) is 4.13. The molecule has 0 spiro atoms. The monoisotopic (exact) mass is 184 g/mol. The van der Waals surface area contributed by atoms with E-state index in [-0.39, 0.29) is 0 Å². The highest BCUT2D eigenvalue weighted by atomic mass is 19.1. The number of benzene rings is 1. The Hall–Kier alpha value is -1.88. The lowest BCUT2D eigenvalue weighted by Crippen LogP contribution is -1.83. The predicted molar refractivity (Wildman–Crippen MR) is 54.2 cm³/mol. The van der Waals surface area contributed by atoms with Crippen molar-refractivity contribution in [2.45, 2.75) is 0 Å². The van der Waals surface area contributed by atoms with Crippen molar-refractivity contribution in [2.75, 3.05) is 0 Å². The van der Waals surface area contributed by atoms with Crippen LogP contribution in [0.2, 0.25) is 0 Å². The summed E-state index contributed by atoms with van der Waals surface area (Å²) in [6.07, 6.45) is 3.08. The quantitative estimate of drug-likeness (QED) is 0.573. The molecule has 1 radical (unpaired) electrons. The summed E-state index contributed by atoms with van der Waals surface area (Å²) in [7, 11) is 0. The molecule has 1 heterocycles. The first-order valence-corrected chi connectivity index (χ1v) is 4.13. The Bertz CT molecular complexity index is 535. The van der Waals surface area contributed by atoms with E-state index in [2.05, 4.69) is 17.8 Å². The highest BCUT2D eigenvalue weighted by Gasteiger charge is 1.98. The van der Waals surface area contributed by atoms with Gasteiger partial charge in [0.1, 0.15) is 6.17 Å². The maximum atomic E-state index is 11.8. The van der Waals surface area contributed by atoms with Crippen LogP contribution in [-0.4, -0.2) is 4.98 Å². The summed E-state index contributed by atoms with van der Waals surface area (Å²) in [4.78, 5) is 4.16. The van der Waals surface area contributed by atoms with Gasteiger partial charge in [0.25, 0.3) is 0 Å². The third kappa shape index (κ3) is 1.45. The van der Waals surface area contributed by atoms with Gasteiger partial charge >= 0.3 is 0 Å². The Labute approximate surface area is 81.6 Å². The second-order valence-corrected chi connectivity index (χ2v) is 2.92. The average molecular weight is 184 g/mol. The van der Waals surface area contributed by atoms with E-state index in [4.69, 9.17) is 0 Å². The van der Waals surface area contributed by atoms with Crippen LogP contribution >= 0.6 is 0 Å². The van der Waals surface area contributed by atoms with Crippen LogP contribution in [0.3, 0.4) is 0 Å². The number of aromatic nitrogens is 1. The minimum atomic E-state index is 0.637. The summed E-state index contributed by atoms with van der Waals surface area (Å²) in [5, 5.41) is 0.910. The number of halogens is 1. The van der Waals surface area contributed by atoms with Crippen molar-refractivity contribution in [3.8, 4) is 12.1 Å². The lowest BCUT2D eigenvalue weighted by atomic mass is 10.1. The van der Waals surface area contributed by atoms with E-state index in [9.17, 15) is 4.39 Å². The molecule has 0 saturated heterocycles. The lowest BCUT2D eigenvalue weighted by Gasteiger charge is -2.00. The highest BCUT2D eigenvalue weighted by Crippen LogP contribution is 2.16. The molecule has 2 heteroatoms. The van der Waals surface area contributed by atoms with E-state index in [1.807, 2.05) is 12.1 Å². The molecule has 2 aromatic rings. The largest absolute Gasteiger partial charge is 0.256 e. The van der Waals surface area contributed by atoms with Crippen LogP contribution in [0.15, 0.2) is 30.5 Å². The number of hydrogen-bond donors (Lipinski definition) is 0. The van der Waals surface area contributed by atoms with Gasteiger partial charge in [-0.3, -0.25) is 4.98 Å². The molecule has 2 rings (SSSR count). The number of nitrogens with zero attached hydrogens (tertiary/aromatic N) is 1. The molecular weight excluding hydrogens is 177 g/mol. The first kappa shape index (κ1) is 8.71. The molecule has 0 saturated carbocycles. The molecule has 0 fully saturated rings. The molecule has 0 aliphatic rings. The standard InChI is InChI=1S/C12H7FN/c1-9-5-7-14-12-3-2-10(4-6-13)8-11(9)12/h2-3,5,7-8H,1H2. The number of rotatable bonds is 0. The van der Waals surface area contributed by atoms with Crippen molar-refractivity contribution >= 4 is 10.9 Å². The lowest BCUT2D eigenvalue weighted by molar-refractivity contribution is 0.774. The molecule has 67 valence electrons. The number of fused-ring (bicyclic) bond motifs is 1. The summed E-state index contributed by atoms with van der Waals surface area (Å²) in [5.41, 5.74) is 2.36. The minimum absolute atomic E-state index is 0.637. The highest BCUT2D eigenvalue weighted by molar-refractivity contribution is 5.84. The van der Waals surface area contributed by atoms with Crippen molar-refractivity contribution in [1.82, 2.24) is 4.98 Å². The first-order chi connectivity index (χ1) is 6.81. The van der Waals surface area contributed by atoms with Gasteiger partial charge in [-0.25, -0.2) is 0 Å². The van der Waals surface area contributed by atoms with Crippen LogP contribution in [0.1, 0.15) is 11.1 Å². The van der Waals surface area contributed by atoms with Crippen molar-refractivity contribution < 1.29 is 4.39 Å². The SMILES string of the molecule is [CH2]c1ccnc2ccc(C#CF)cc12. The Balaban J connectivity index is 2.73. The van der Waals surface area contributed by atoms with E-state index in [1.54, 1.807) is 18.3 Å². The van der Waals surface area contributed by atoms with Gasteiger partial charge in [-0.2, -0.15) is 0 Å². The number of hydrogen-bond acceptors (Lipinski definition) is 1. The van der Waals surface area contributed by atoms with Crippen LogP contribution in [0.5, 0.6) is 0 Å². The zero-order valence-corrected chi connectivity index (χ0v) is 7.42. The Morgan fingerprint density at radius 2 is 2.14 bits per heavy atom. The minimum Gasteiger partial charge on any atom is -0.256 e. The second kappa shape index (κ2) is 3.47. The molecule has 0 amide bonds. The van der Waals surface area contributed by atoms with Crippen LogP contribution < -0.4 is 0 Å². The molecule has 1 aromatic heterocycles. The summed E-state index contributed by atoms with van der Waals surface area (Å²) in [6, 6.07) is 7.15. The fraction of sp³-hybridized carbons (Fsp3) is 0. The summed E-state index contributed by atoms with van der Waals surface area (Å²) in [6.45, 7) is 3.87. The smallest absolute Gasteiger partial charge is 0.111 e. The van der Waals surface area contributed by atoms with Gasteiger partial charge in [-0.05, 0) is 42.7 Å². The van der Waals surface area contributed by atoms with Crippen LogP contribution in [0.25, 0.3) is 10.9 Å². The van der Waals surface area contributed by atoms with Gasteiger partial charge in [0, 0.05) is 17.1 Å². The molecule has 0 aliphatic heterocycles. The Kier molecular flexibility index (Phi) is 2.16. The third-order valence-electron chi connectivity index (χ3n) is 2.02. The van der Waals surface area contributed by atoms with Crippen LogP contribution in [0.4, 0.5) is 4.39 Å². The molecular formula is C12H7FN. The predicted octanol–water partition coefficient (Wildman–Crippen LogP) is 2.70. The van der Waals surface area contributed by atoms with Gasteiger partial charge in [0.05, 0.1) is 5.52 Å². The molecule has 1 nitrogen and oxygen atoms in total. The van der Waals surface area contributed by atoms with Crippen LogP contribution in [-0.2, 0) is 0 Å². The average Bonchev–Trinajstić information content (AvgIpc) is 2.20. The second-order valence-electron chi connectivity index (χ2n) is 2.92. The van der Waals surface area contributed by atoms with Crippen molar-refractivity contribution in [3.63, 3.8) is 0 Å². The topological polar surface area (TPSA) is 12.9 Å². The summed E-state index contributed by atoms with van der Waals surface area (Å²) >= 11 is 0. The normalized spacial score (nSPS) is 9.57. The fourth-order valence-electron chi connectivity index (χ4n) is 1.34. The van der Waals surface area contributed by atoms with E-state index in [0.717, 1.165) is 16.5 Å². The molecule has 0 aliphatic carbocycles. The van der Waals surface area contributed by atoms with Crippen molar-refractivity contribution in [1.29, 1.82) is 0 Å². The van der Waals surface area contributed by atoms with E-state index >= 15 is 0 Å². The molecule has 0 bridgehead atoms. The van der Waals surface area contributed by atoms with Crippen molar-refractivity contribution in [2.24, 2.45) is 0 Å². The van der Waals surface area contributed by atoms with E-state index in [1.165, 1.54) is 6.17 Å². The van der Waals surface area contributed by atoms with Gasteiger partial charge in [0.15, 0.2) is 0 Å². The van der Waals surface area contributed by atoms with E-state index in [0.29, 0.717) is 5.56 Å². The van der Waals surface area contributed by atoms with E-state index < -0.39 is 0 Å². The molecule has 1 aromatic carbocycles. The van der Waals surface area contributed by atoms with Gasteiger partial charge in [-0.15, -0.1) is 4.39 Å². The maximum Gasteiger partial charge on any atom is 0.111 e. The maximum absolute atomic E-state index is 11.8. The molecule has 0 N–H and O–H groups in total. The Morgan fingerprint density at radius 3 is 2.93 bits per heavy atom. The number of pyridine rings is 1. The van der Waals surface area contributed by atoms with Gasteiger partial charge in [-0.1, -0.05) is 0 Å².